The highest BCUT2D eigenvalue weighted by Crippen LogP contribution is 2.41. The first-order valence-corrected chi connectivity index (χ1v) is 9.06. The summed E-state index contributed by atoms with van der Waals surface area (Å²) in [7, 11) is 0. The summed E-state index contributed by atoms with van der Waals surface area (Å²) < 4.78 is 0. The van der Waals surface area contributed by atoms with Gasteiger partial charge in [0.1, 0.15) is 0 Å². The summed E-state index contributed by atoms with van der Waals surface area (Å²) in [6.45, 7) is 16.7. The molecule has 6 nitrogen and oxygen atoms in total. The van der Waals surface area contributed by atoms with E-state index in [1.807, 2.05) is 32.8 Å². The van der Waals surface area contributed by atoms with E-state index in [0.29, 0.717) is 12.8 Å². The standard InChI is InChI=1S/C18H37N3O3/c1-15(2)11-14(12-16(3,4)20(15)22)23-24-21-17(5,6)9-13(19)10-18(21,7)8/h13-14,22H,9-12,19H2,1-8H3. The molecule has 24 heavy (non-hydrogen) atoms. The lowest BCUT2D eigenvalue weighted by atomic mass is 9.79. The highest BCUT2D eigenvalue weighted by atomic mass is 17.3. The van der Waals surface area contributed by atoms with E-state index in [0.717, 1.165) is 12.8 Å². The Morgan fingerprint density at radius 2 is 1.21 bits per heavy atom. The van der Waals surface area contributed by atoms with Crippen LogP contribution in [0.5, 0.6) is 0 Å². The van der Waals surface area contributed by atoms with Crippen molar-refractivity contribution in [1.29, 1.82) is 0 Å². The first-order valence-electron chi connectivity index (χ1n) is 9.06. The SMILES string of the molecule is CC1(C)CC(OON2C(C)(C)CC(N)CC2(C)C)CC(C)(C)N1O. The molecule has 2 aliphatic rings. The number of hydrogen-bond donors (Lipinski definition) is 2. The minimum absolute atomic E-state index is 0.0689. The Hall–Kier alpha value is -0.240. The molecule has 0 saturated carbocycles. The van der Waals surface area contributed by atoms with Crippen LogP contribution in [0.4, 0.5) is 0 Å². The Morgan fingerprint density at radius 3 is 1.62 bits per heavy atom. The number of hydrogen-bond acceptors (Lipinski definition) is 6. The summed E-state index contributed by atoms with van der Waals surface area (Å²) in [6, 6.07) is 0.172. The number of nitrogens with two attached hydrogens (primary N) is 1. The molecule has 2 aliphatic heterocycles. The van der Waals surface area contributed by atoms with E-state index in [1.54, 1.807) is 0 Å². The average molecular weight is 344 g/mol. The molecule has 0 unspecified atom stereocenters. The fourth-order valence-electron chi connectivity index (χ4n) is 4.89. The zero-order chi connectivity index (χ0) is 18.6. The number of rotatable bonds is 3. The maximum absolute atomic E-state index is 10.4. The fourth-order valence-corrected chi connectivity index (χ4v) is 4.89. The zero-order valence-corrected chi connectivity index (χ0v) is 16.7. The van der Waals surface area contributed by atoms with Crippen molar-refractivity contribution in [2.45, 2.75) is 115 Å². The van der Waals surface area contributed by atoms with Crippen molar-refractivity contribution in [3.05, 3.63) is 0 Å². The Balaban J connectivity index is 2.07. The van der Waals surface area contributed by atoms with Gasteiger partial charge in [0.15, 0.2) is 0 Å². The second kappa shape index (κ2) is 6.18. The molecular formula is C18H37N3O3. The highest BCUT2D eigenvalue weighted by Gasteiger charge is 2.49. The van der Waals surface area contributed by atoms with Crippen LogP contribution in [-0.2, 0) is 9.88 Å². The molecule has 142 valence electrons. The van der Waals surface area contributed by atoms with E-state index in [2.05, 4.69) is 27.7 Å². The van der Waals surface area contributed by atoms with Crippen molar-refractivity contribution in [1.82, 2.24) is 10.1 Å². The maximum Gasteiger partial charge on any atom is 0.0986 e. The van der Waals surface area contributed by atoms with Gasteiger partial charge >= 0.3 is 0 Å². The third-order valence-corrected chi connectivity index (χ3v) is 5.48. The van der Waals surface area contributed by atoms with Gasteiger partial charge in [-0.25, -0.2) is 4.89 Å². The van der Waals surface area contributed by atoms with Crippen LogP contribution in [0.3, 0.4) is 0 Å². The van der Waals surface area contributed by atoms with E-state index < -0.39 is 0 Å². The first-order chi connectivity index (χ1) is 10.7. The molecule has 0 aliphatic carbocycles. The second-order valence-corrected chi connectivity index (χ2v) is 10.2. The molecule has 0 aromatic rings. The molecule has 3 N–H and O–H groups in total. The van der Waals surface area contributed by atoms with Gasteiger partial charge in [-0.3, -0.25) is 0 Å². The van der Waals surface area contributed by atoms with Crippen LogP contribution in [0.1, 0.15) is 81.1 Å². The Kier molecular flexibility index (Phi) is 5.17. The maximum atomic E-state index is 10.4. The summed E-state index contributed by atoms with van der Waals surface area (Å²) in [5.41, 5.74) is 5.12. The van der Waals surface area contributed by atoms with Gasteiger partial charge in [-0.15, -0.1) is 10.1 Å². The molecule has 2 heterocycles. The lowest BCUT2D eigenvalue weighted by molar-refractivity contribution is -0.497. The van der Waals surface area contributed by atoms with Crippen LogP contribution >= 0.6 is 0 Å². The molecule has 0 aromatic heterocycles. The molecule has 6 heteroatoms. The average Bonchev–Trinajstić information content (AvgIpc) is 2.31. The van der Waals surface area contributed by atoms with E-state index in [4.69, 9.17) is 15.6 Å². The summed E-state index contributed by atoms with van der Waals surface area (Å²) >= 11 is 0. The third kappa shape index (κ3) is 3.94. The molecule has 2 saturated heterocycles. The lowest BCUT2D eigenvalue weighted by Gasteiger charge is -2.53. The van der Waals surface area contributed by atoms with Crippen molar-refractivity contribution >= 4 is 0 Å². The number of nitrogens with zero attached hydrogens (tertiary/aromatic N) is 2. The number of hydroxylamine groups is 4. The predicted molar refractivity (Wildman–Crippen MR) is 94.2 cm³/mol. The second-order valence-electron chi connectivity index (χ2n) is 10.2. The van der Waals surface area contributed by atoms with Crippen molar-refractivity contribution in [2.24, 2.45) is 5.73 Å². The van der Waals surface area contributed by atoms with Crippen LogP contribution in [0.2, 0.25) is 0 Å². The number of piperidine rings is 2. The largest absolute Gasteiger partial charge is 0.328 e. The Labute approximate surface area is 147 Å². The Bertz CT molecular complexity index is 426. The first kappa shape index (κ1) is 20.1. The molecule has 0 radical (unpaired) electrons. The molecule has 2 fully saturated rings. The molecular weight excluding hydrogens is 306 g/mol. The van der Waals surface area contributed by atoms with Gasteiger partial charge in [0.05, 0.1) is 6.10 Å². The lowest BCUT2D eigenvalue weighted by Crippen LogP contribution is -2.64. The van der Waals surface area contributed by atoms with Crippen LogP contribution in [0.25, 0.3) is 0 Å². The monoisotopic (exact) mass is 343 g/mol. The van der Waals surface area contributed by atoms with Crippen LogP contribution in [0.15, 0.2) is 0 Å². The van der Waals surface area contributed by atoms with Gasteiger partial charge in [0, 0.05) is 28.2 Å². The summed E-state index contributed by atoms with van der Waals surface area (Å²) in [6.07, 6.45) is 3.08. The summed E-state index contributed by atoms with van der Waals surface area (Å²) in [5.74, 6) is 0. The van der Waals surface area contributed by atoms with E-state index in [-0.39, 0.29) is 34.3 Å². The van der Waals surface area contributed by atoms with Gasteiger partial charge in [-0.05, 0) is 81.1 Å². The quantitative estimate of drug-likeness (QED) is 0.605. The molecule has 0 atom stereocenters. The molecule has 0 amide bonds. The van der Waals surface area contributed by atoms with Gasteiger partial charge in [-0.1, -0.05) is 0 Å². The zero-order valence-electron chi connectivity index (χ0n) is 16.7. The van der Waals surface area contributed by atoms with Crippen LogP contribution in [0, 0.1) is 0 Å². The summed E-state index contributed by atoms with van der Waals surface area (Å²) in [5, 5.41) is 13.8. The van der Waals surface area contributed by atoms with E-state index in [9.17, 15) is 5.21 Å². The molecule has 0 spiro atoms. The topological polar surface area (TPSA) is 71.2 Å². The van der Waals surface area contributed by atoms with Gasteiger partial charge in [0.2, 0.25) is 0 Å². The minimum Gasteiger partial charge on any atom is -0.328 e. The van der Waals surface area contributed by atoms with Crippen LogP contribution in [-0.4, -0.2) is 49.6 Å². The molecule has 0 aromatic carbocycles. The van der Waals surface area contributed by atoms with Gasteiger partial charge in [-0.2, -0.15) is 5.06 Å². The predicted octanol–water partition coefficient (Wildman–Crippen LogP) is 3.24. The third-order valence-electron chi connectivity index (χ3n) is 5.48. The van der Waals surface area contributed by atoms with E-state index in [1.165, 1.54) is 5.06 Å². The summed E-state index contributed by atoms with van der Waals surface area (Å²) in [4.78, 5) is 11.8. The van der Waals surface area contributed by atoms with Gasteiger partial charge in [0.25, 0.3) is 0 Å². The normalized spacial score (nSPS) is 31.2. The fraction of sp³-hybridized carbons (Fsp3) is 1.00. The van der Waals surface area contributed by atoms with Gasteiger partial charge < -0.3 is 10.9 Å². The van der Waals surface area contributed by atoms with Crippen molar-refractivity contribution < 1.29 is 15.1 Å². The Morgan fingerprint density at radius 1 is 0.792 bits per heavy atom. The van der Waals surface area contributed by atoms with E-state index >= 15 is 0 Å². The van der Waals surface area contributed by atoms with Crippen LogP contribution < -0.4 is 5.73 Å². The highest BCUT2D eigenvalue weighted by molar-refractivity contribution is 4.98. The minimum atomic E-state index is -0.356. The molecule has 0 bridgehead atoms. The van der Waals surface area contributed by atoms with Crippen molar-refractivity contribution in [3.8, 4) is 0 Å². The smallest absolute Gasteiger partial charge is 0.0986 e. The van der Waals surface area contributed by atoms with Crippen molar-refractivity contribution in [3.63, 3.8) is 0 Å². The molecule has 2 rings (SSSR count). The van der Waals surface area contributed by atoms with Crippen molar-refractivity contribution in [2.75, 3.05) is 0 Å².